The van der Waals surface area contributed by atoms with Crippen LogP contribution in [-0.4, -0.2) is 35.0 Å². The molecule has 18 heavy (non-hydrogen) atoms. The van der Waals surface area contributed by atoms with Gasteiger partial charge in [0.2, 0.25) is 5.91 Å². The van der Waals surface area contributed by atoms with Crippen molar-refractivity contribution in [2.45, 2.75) is 46.0 Å². The summed E-state index contributed by atoms with van der Waals surface area (Å²) in [6.07, 6.45) is 5.10. The second-order valence-electron chi connectivity index (χ2n) is 5.97. The Labute approximate surface area is 108 Å². The van der Waals surface area contributed by atoms with E-state index in [1.54, 1.807) is 4.90 Å². The summed E-state index contributed by atoms with van der Waals surface area (Å²) >= 11 is 0. The lowest BCUT2D eigenvalue weighted by Crippen LogP contribution is -2.41. The monoisotopic (exact) mass is 253 g/mol. The fraction of sp³-hybridized carbons (Fsp3) is 0.857. The normalized spacial score (nSPS) is 30.7. The Morgan fingerprint density at radius 3 is 2.33 bits per heavy atom. The molecule has 4 nitrogen and oxygen atoms in total. The summed E-state index contributed by atoms with van der Waals surface area (Å²) in [4.78, 5) is 25.6. The van der Waals surface area contributed by atoms with E-state index in [1.807, 2.05) is 6.92 Å². The van der Waals surface area contributed by atoms with Crippen molar-refractivity contribution in [2.24, 2.45) is 17.3 Å². The first-order valence-electron chi connectivity index (χ1n) is 7.02. The highest BCUT2D eigenvalue weighted by molar-refractivity contribution is 5.84. The second-order valence-corrected chi connectivity index (χ2v) is 5.97. The number of nitrogens with zero attached hydrogens (tertiary/aromatic N) is 1. The fourth-order valence-corrected chi connectivity index (χ4v) is 3.56. The molecule has 102 valence electrons. The van der Waals surface area contributed by atoms with Crippen LogP contribution in [0.5, 0.6) is 0 Å². The number of carbonyl (C=O) groups is 2. The van der Waals surface area contributed by atoms with Crippen molar-refractivity contribution in [3.63, 3.8) is 0 Å². The van der Waals surface area contributed by atoms with E-state index in [2.05, 4.69) is 6.92 Å². The van der Waals surface area contributed by atoms with Crippen LogP contribution in [-0.2, 0) is 9.59 Å². The van der Waals surface area contributed by atoms with Gasteiger partial charge in [-0.3, -0.25) is 9.59 Å². The summed E-state index contributed by atoms with van der Waals surface area (Å²) in [6, 6.07) is 0. The number of carbonyl (C=O) groups excluding carboxylic acids is 1. The number of hydrogen-bond donors (Lipinski definition) is 1. The van der Waals surface area contributed by atoms with E-state index in [-0.39, 0.29) is 23.2 Å². The van der Waals surface area contributed by atoms with Gasteiger partial charge in [0.15, 0.2) is 0 Å². The highest BCUT2D eigenvalue weighted by Gasteiger charge is 2.46. The van der Waals surface area contributed by atoms with Crippen LogP contribution in [0.25, 0.3) is 0 Å². The van der Waals surface area contributed by atoms with Crippen LogP contribution in [0.3, 0.4) is 0 Å². The molecule has 2 atom stereocenters. The standard InChI is InChI=1S/C14H23NO3/c1-3-14(6-4-5-7-14)13(18)15-8-10(2)11(9-15)12(16)17/h10-11H,3-9H2,1-2H3,(H,16,17). The number of aliphatic carboxylic acids is 1. The molecular weight excluding hydrogens is 230 g/mol. The van der Waals surface area contributed by atoms with Crippen LogP contribution >= 0.6 is 0 Å². The summed E-state index contributed by atoms with van der Waals surface area (Å²) in [7, 11) is 0. The molecule has 1 saturated heterocycles. The Hall–Kier alpha value is -1.06. The minimum atomic E-state index is -0.769. The zero-order valence-electron chi connectivity index (χ0n) is 11.3. The fourth-order valence-electron chi connectivity index (χ4n) is 3.56. The number of carboxylic acid groups (broad SMARTS) is 1. The first-order valence-corrected chi connectivity index (χ1v) is 7.02. The van der Waals surface area contributed by atoms with Crippen molar-refractivity contribution in [1.82, 2.24) is 4.90 Å². The van der Waals surface area contributed by atoms with Crippen LogP contribution in [0.2, 0.25) is 0 Å². The summed E-state index contributed by atoms with van der Waals surface area (Å²) < 4.78 is 0. The topological polar surface area (TPSA) is 57.6 Å². The van der Waals surface area contributed by atoms with Gasteiger partial charge in [-0.2, -0.15) is 0 Å². The largest absolute Gasteiger partial charge is 0.481 e. The highest BCUT2D eigenvalue weighted by Crippen LogP contribution is 2.43. The van der Waals surface area contributed by atoms with Crippen LogP contribution in [0, 0.1) is 17.3 Å². The third-order valence-electron chi connectivity index (χ3n) is 4.91. The van der Waals surface area contributed by atoms with Crippen molar-refractivity contribution < 1.29 is 14.7 Å². The average molecular weight is 253 g/mol. The number of rotatable bonds is 3. The molecule has 1 N–H and O–H groups in total. The van der Waals surface area contributed by atoms with Gasteiger partial charge in [-0.25, -0.2) is 0 Å². The van der Waals surface area contributed by atoms with Crippen molar-refractivity contribution in [3.8, 4) is 0 Å². The molecule has 2 unspecified atom stereocenters. The molecule has 0 spiro atoms. The van der Waals surface area contributed by atoms with E-state index >= 15 is 0 Å². The van der Waals surface area contributed by atoms with E-state index in [0.29, 0.717) is 13.1 Å². The molecule has 1 saturated carbocycles. The Balaban J connectivity index is 2.09. The average Bonchev–Trinajstić information content (AvgIpc) is 2.95. The lowest BCUT2D eigenvalue weighted by atomic mass is 9.82. The van der Waals surface area contributed by atoms with Gasteiger partial charge in [0.05, 0.1) is 5.92 Å². The Morgan fingerprint density at radius 2 is 1.89 bits per heavy atom. The van der Waals surface area contributed by atoms with E-state index in [0.717, 1.165) is 32.1 Å². The number of amides is 1. The molecule has 1 heterocycles. The summed E-state index contributed by atoms with van der Waals surface area (Å²) in [5.74, 6) is -0.876. The quantitative estimate of drug-likeness (QED) is 0.838. The Bertz CT molecular complexity index is 347. The third-order valence-corrected chi connectivity index (χ3v) is 4.91. The number of likely N-dealkylation sites (tertiary alicyclic amines) is 1. The van der Waals surface area contributed by atoms with Gasteiger partial charge < -0.3 is 10.0 Å². The molecule has 1 aliphatic carbocycles. The van der Waals surface area contributed by atoms with Crippen LogP contribution < -0.4 is 0 Å². The molecule has 2 aliphatic rings. The van der Waals surface area contributed by atoms with Gasteiger partial charge in [0.25, 0.3) is 0 Å². The van der Waals surface area contributed by atoms with Gasteiger partial charge in [-0.15, -0.1) is 0 Å². The molecule has 4 heteroatoms. The van der Waals surface area contributed by atoms with E-state index in [9.17, 15) is 9.59 Å². The molecule has 2 rings (SSSR count). The van der Waals surface area contributed by atoms with Crippen molar-refractivity contribution >= 4 is 11.9 Å². The molecule has 1 amide bonds. The van der Waals surface area contributed by atoms with Gasteiger partial charge >= 0.3 is 5.97 Å². The summed E-state index contributed by atoms with van der Waals surface area (Å²) in [5, 5.41) is 9.13. The molecule has 0 aromatic rings. The van der Waals surface area contributed by atoms with Crippen molar-refractivity contribution in [3.05, 3.63) is 0 Å². The molecule has 2 fully saturated rings. The number of hydrogen-bond acceptors (Lipinski definition) is 2. The van der Waals surface area contributed by atoms with Crippen LogP contribution in [0.15, 0.2) is 0 Å². The lowest BCUT2D eigenvalue weighted by molar-refractivity contribution is -0.143. The van der Waals surface area contributed by atoms with E-state index < -0.39 is 5.97 Å². The van der Waals surface area contributed by atoms with Gasteiger partial charge in [0.1, 0.15) is 0 Å². The van der Waals surface area contributed by atoms with Crippen LogP contribution in [0.1, 0.15) is 46.0 Å². The molecular formula is C14H23NO3. The van der Waals surface area contributed by atoms with Crippen molar-refractivity contribution in [2.75, 3.05) is 13.1 Å². The maximum atomic E-state index is 12.6. The predicted octanol–water partition coefficient (Wildman–Crippen LogP) is 2.14. The summed E-state index contributed by atoms with van der Waals surface area (Å²) in [6.45, 7) is 5.02. The van der Waals surface area contributed by atoms with Gasteiger partial charge in [-0.1, -0.05) is 26.7 Å². The smallest absolute Gasteiger partial charge is 0.308 e. The minimum Gasteiger partial charge on any atom is -0.481 e. The maximum Gasteiger partial charge on any atom is 0.308 e. The molecule has 0 aromatic carbocycles. The van der Waals surface area contributed by atoms with Crippen molar-refractivity contribution in [1.29, 1.82) is 0 Å². The Kier molecular flexibility index (Phi) is 3.64. The van der Waals surface area contributed by atoms with Gasteiger partial charge in [-0.05, 0) is 25.2 Å². The first kappa shape index (κ1) is 13.4. The Morgan fingerprint density at radius 1 is 1.28 bits per heavy atom. The zero-order chi connectivity index (χ0) is 13.3. The van der Waals surface area contributed by atoms with Crippen LogP contribution in [0.4, 0.5) is 0 Å². The SMILES string of the molecule is CCC1(C(=O)N2CC(C)C(C(=O)O)C2)CCCC1. The summed E-state index contributed by atoms with van der Waals surface area (Å²) in [5.41, 5.74) is -0.187. The lowest BCUT2D eigenvalue weighted by Gasteiger charge is -2.31. The van der Waals surface area contributed by atoms with E-state index in [1.165, 1.54) is 0 Å². The molecule has 0 aromatic heterocycles. The minimum absolute atomic E-state index is 0.0711. The van der Waals surface area contributed by atoms with Gasteiger partial charge in [0, 0.05) is 18.5 Å². The van der Waals surface area contributed by atoms with E-state index in [4.69, 9.17) is 5.11 Å². The second kappa shape index (κ2) is 4.90. The number of carboxylic acids is 1. The zero-order valence-corrected chi connectivity index (χ0v) is 11.3. The molecule has 1 aliphatic heterocycles. The highest BCUT2D eigenvalue weighted by atomic mass is 16.4. The molecule has 0 bridgehead atoms. The molecule has 0 radical (unpaired) electrons. The third kappa shape index (κ3) is 2.13. The predicted molar refractivity (Wildman–Crippen MR) is 68.1 cm³/mol. The maximum absolute atomic E-state index is 12.6. The first-order chi connectivity index (χ1) is 8.50.